The number of aliphatic hydroxyl groups is 1. The molecule has 0 spiro atoms. The number of rotatable bonds is 5. The van der Waals surface area contributed by atoms with Gasteiger partial charge in [0.25, 0.3) is 5.91 Å². The highest BCUT2D eigenvalue weighted by Crippen LogP contribution is 2.35. The number of carbonyl (C=O) groups is 1. The third kappa shape index (κ3) is 4.97. The van der Waals surface area contributed by atoms with E-state index in [0.717, 1.165) is 23.4 Å². The lowest BCUT2D eigenvalue weighted by atomic mass is 9.98. The van der Waals surface area contributed by atoms with Crippen LogP contribution in [0.5, 0.6) is 0 Å². The van der Waals surface area contributed by atoms with Crippen LogP contribution in [0.1, 0.15) is 36.2 Å². The molecule has 0 radical (unpaired) electrons. The molecule has 4 N–H and O–H groups in total. The molecule has 0 aliphatic carbocycles. The van der Waals surface area contributed by atoms with Gasteiger partial charge in [-0.2, -0.15) is 13.8 Å². The van der Waals surface area contributed by atoms with Crippen molar-refractivity contribution in [3.8, 4) is 0 Å². The molecule has 3 aromatic rings. The quantitative estimate of drug-likeness (QED) is 0.428. The third-order valence-corrected chi connectivity index (χ3v) is 4.94. The SMILES string of the molecule is CC(C)(O)CCc1ccc2c(c1)NC(=O)c1ccc(Nc3cc(F)nc(F)c3)cc1N2. The number of pyridine rings is 1. The minimum Gasteiger partial charge on any atom is -0.390 e. The zero-order valence-electron chi connectivity index (χ0n) is 17.1. The summed E-state index contributed by atoms with van der Waals surface area (Å²) in [6.07, 6.45) is 1.27. The number of anilines is 5. The molecule has 0 saturated carbocycles. The summed E-state index contributed by atoms with van der Waals surface area (Å²) in [4.78, 5) is 15.8. The van der Waals surface area contributed by atoms with Crippen LogP contribution in [0.25, 0.3) is 0 Å². The van der Waals surface area contributed by atoms with E-state index in [1.807, 2.05) is 18.2 Å². The molecule has 0 unspecified atom stereocenters. The molecule has 0 fully saturated rings. The predicted octanol–water partition coefficient (Wildman–Crippen LogP) is 5.12. The fraction of sp³-hybridized carbons (Fsp3) is 0.217. The number of nitrogens with zero attached hydrogens (tertiary/aromatic N) is 1. The summed E-state index contributed by atoms with van der Waals surface area (Å²) in [5.74, 6) is -2.12. The summed E-state index contributed by atoms with van der Waals surface area (Å²) >= 11 is 0. The highest BCUT2D eigenvalue weighted by atomic mass is 19.1. The van der Waals surface area contributed by atoms with E-state index in [2.05, 4.69) is 20.9 Å². The van der Waals surface area contributed by atoms with Crippen LogP contribution >= 0.6 is 0 Å². The van der Waals surface area contributed by atoms with Gasteiger partial charge in [-0.05, 0) is 62.6 Å². The summed E-state index contributed by atoms with van der Waals surface area (Å²) in [5, 5.41) is 19.0. The van der Waals surface area contributed by atoms with E-state index in [-0.39, 0.29) is 11.6 Å². The Bertz CT molecular complexity index is 1140. The number of halogens is 2. The normalized spacial score (nSPS) is 12.9. The zero-order chi connectivity index (χ0) is 22.2. The molecule has 0 atom stereocenters. The summed E-state index contributed by atoms with van der Waals surface area (Å²) < 4.78 is 26.7. The number of amides is 1. The minimum absolute atomic E-state index is 0.208. The second-order valence-electron chi connectivity index (χ2n) is 8.16. The van der Waals surface area contributed by atoms with E-state index >= 15 is 0 Å². The Labute approximate surface area is 178 Å². The maximum absolute atomic E-state index is 13.4. The second kappa shape index (κ2) is 7.96. The Kier molecular flexibility index (Phi) is 5.32. The van der Waals surface area contributed by atoms with Crippen LogP contribution < -0.4 is 16.0 Å². The van der Waals surface area contributed by atoms with Gasteiger partial charge in [0.15, 0.2) is 0 Å². The van der Waals surface area contributed by atoms with Crippen molar-refractivity contribution in [3.05, 3.63) is 71.6 Å². The molecule has 8 heteroatoms. The van der Waals surface area contributed by atoms with Crippen molar-refractivity contribution < 1.29 is 18.7 Å². The van der Waals surface area contributed by atoms with Gasteiger partial charge < -0.3 is 21.1 Å². The number of nitrogens with one attached hydrogen (secondary N) is 3. The molecule has 4 rings (SSSR count). The van der Waals surface area contributed by atoms with Crippen molar-refractivity contribution >= 4 is 34.3 Å². The number of fused-ring (bicyclic) bond motifs is 2. The Hall–Kier alpha value is -3.52. The average Bonchev–Trinajstić information content (AvgIpc) is 2.80. The summed E-state index contributed by atoms with van der Waals surface area (Å²) in [5.41, 5.74) is 3.34. The van der Waals surface area contributed by atoms with E-state index in [9.17, 15) is 18.7 Å². The molecule has 2 aromatic carbocycles. The van der Waals surface area contributed by atoms with Crippen LogP contribution in [-0.4, -0.2) is 21.6 Å². The largest absolute Gasteiger partial charge is 0.390 e. The Morgan fingerprint density at radius 2 is 1.68 bits per heavy atom. The average molecular weight is 424 g/mol. The van der Waals surface area contributed by atoms with Gasteiger partial charge in [-0.15, -0.1) is 0 Å². The van der Waals surface area contributed by atoms with Gasteiger partial charge >= 0.3 is 0 Å². The number of aryl methyl sites for hydroxylation is 1. The minimum atomic E-state index is -0.927. The molecule has 1 amide bonds. The van der Waals surface area contributed by atoms with Crippen LogP contribution in [0.3, 0.4) is 0 Å². The molecule has 0 bridgehead atoms. The molecule has 2 heterocycles. The van der Waals surface area contributed by atoms with Crippen LogP contribution in [0.2, 0.25) is 0 Å². The molecular formula is C23H22F2N4O2. The number of aromatic nitrogens is 1. The van der Waals surface area contributed by atoms with E-state index < -0.39 is 17.5 Å². The Morgan fingerprint density at radius 3 is 2.39 bits per heavy atom. The molecule has 0 saturated heterocycles. The van der Waals surface area contributed by atoms with Gasteiger partial charge in [-0.1, -0.05) is 6.07 Å². The first-order valence-electron chi connectivity index (χ1n) is 9.84. The second-order valence-corrected chi connectivity index (χ2v) is 8.16. The van der Waals surface area contributed by atoms with E-state index in [0.29, 0.717) is 35.5 Å². The number of hydrogen-bond acceptors (Lipinski definition) is 5. The fourth-order valence-corrected chi connectivity index (χ4v) is 3.37. The summed E-state index contributed by atoms with van der Waals surface area (Å²) in [7, 11) is 0. The van der Waals surface area contributed by atoms with Gasteiger partial charge in [0.05, 0.1) is 28.2 Å². The molecule has 6 nitrogen and oxygen atoms in total. The van der Waals surface area contributed by atoms with E-state index in [1.165, 1.54) is 0 Å². The first-order chi connectivity index (χ1) is 14.7. The van der Waals surface area contributed by atoms with E-state index in [4.69, 9.17) is 0 Å². The van der Waals surface area contributed by atoms with Crippen molar-refractivity contribution in [1.82, 2.24) is 4.98 Å². The Morgan fingerprint density at radius 1 is 0.935 bits per heavy atom. The van der Waals surface area contributed by atoms with Crippen molar-refractivity contribution in [3.63, 3.8) is 0 Å². The molecule has 1 aromatic heterocycles. The van der Waals surface area contributed by atoms with Gasteiger partial charge in [-0.3, -0.25) is 4.79 Å². The molecular weight excluding hydrogens is 402 g/mol. The lowest BCUT2D eigenvalue weighted by molar-refractivity contribution is 0.0714. The van der Waals surface area contributed by atoms with Gasteiger partial charge in [0, 0.05) is 23.5 Å². The van der Waals surface area contributed by atoms with Crippen LogP contribution in [0.4, 0.5) is 37.2 Å². The molecule has 1 aliphatic rings. The molecule has 31 heavy (non-hydrogen) atoms. The van der Waals surface area contributed by atoms with Gasteiger partial charge in [0.2, 0.25) is 11.9 Å². The topological polar surface area (TPSA) is 86.3 Å². The van der Waals surface area contributed by atoms with Crippen molar-refractivity contribution in [2.24, 2.45) is 0 Å². The van der Waals surface area contributed by atoms with Crippen molar-refractivity contribution in [2.45, 2.75) is 32.3 Å². The highest BCUT2D eigenvalue weighted by molar-refractivity contribution is 6.12. The van der Waals surface area contributed by atoms with Crippen LogP contribution in [-0.2, 0) is 6.42 Å². The smallest absolute Gasteiger partial charge is 0.257 e. The van der Waals surface area contributed by atoms with Crippen LogP contribution in [0.15, 0.2) is 48.5 Å². The predicted molar refractivity (Wildman–Crippen MR) is 116 cm³/mol. The highest BCUT2D eigenvalue weighted by Gasteiger charge is 2.20. The number of benzene rings is 2. The fourth-order valence-electron chi connectivity index (χ4n) is 3.37. The van der Waals surface area contributed by atoms with E-state index in [1.54, 1.807) is 32.0 Å². The number of carbonyl (C=O) groups excluding carboxylic acids is 1. The zero-order valence-corrected chi connectivity index (χ0v) is 17.1. The standard InChI is InChI=1S/C23H22F2N4O2/c1-23(2,31)8-7-13-3-6-17-19(9-13)28-22(30)16-5-4-14(10-18(16)27-17)26-15-11-20(24)29-21(25)12-15/h3-6,9-12,27,31H,7-8H2,1-2H3,(H,26,29)(H,28,30). The van der Waals surface area contributed by atoms with Crippen LogP contribution in [0, 0.1) is 11.9 Å². The summed E-state index contributed by atoms with van der Waals surface area (Å²) in [6.45, 7) is 3.52. The first-order valence-corrected chi connectivity index (χ1v) is 9.84. The van der Waals surface area contributed by atoms with Gasteiger partial charge in [0.1, 0.15) is 0 Å². The molecule has 1 aliphatic heterocycles. The Balaban J connectivity index is 1.60. The molecule has 160 valence electrons. The van der Waals surface area contributed by atoms with Crippen molar-refractivity contribution in [2.75, 3.05) is 16.0 Å². The first kappa shape index (κ1) is 20.7. The van der Waals surface area contributed by atoms with Gasteiger partial charge in [-0.25, -0.2) is 0 Å². The maximum atomic E-state index is 13.4. The lowest BCUT2D eigenvalue weighted by Crippen LogP contribution is -2.19. The maximum Gasteiger partial charge on any atom is 0.257 e. The summed E-state index contributed by atoms with van der Waals surface area (Å²) in [6, 6.07) is 12.9. The third-order valence-electron chi connectivity index (χ3n) is 4.94. The van der Waals surface area contributed by atoms with Crippen molar-refractivity contribution in [1.29, 1.82) is 0 Å². The number of hydrogen-bond donors (Lipinski definition) is 4. The monoisotopic (exact) mass is 424 g/mol. The lowest BCUT2D eigenvalue weighted by Gasteiger charge is -2.17.